The zero-order chi connectivity index (χ0) is 13.6. The quantitative estimate of drug-likeness (QED) is 0.934. The van der Waals surface area contributed by atoms with Gasteiger partial charge in [0.1, 0.15) is 21.5 Å². The van der Waals surface area contributed by atoms with Gasteiger partial charge in [-0.15, -0.1) is 11.3 Å². The van der Waals surface area contributed by atoms with E-state index in [1.165, 1.54) is 6.07 Å². The Hall–Kier alpha value is -1.82. The molecule has 0 radical (unpaired) electrons. The molecular weight excluding hydrogens is 272 g/mol. The SMILES string of the molecule is O=C(O)c1sc(-c2ccc(F)cc2F)nc1C1CC1. The van der Waals surface area contributed by atoms with Crippen molar-refractivity contribution in [3.63, 3.8) is 0 Å². The largest absolute Gasteiger partial charge is 0.477 e. The molecule has 1 heterocycles. The van der Waals surface area contributed by atoms with Crippen molar-refractivity contribution < 1.29 is 18.7 Å². The fraction of sp³-hybridized carbons (Fsp3) is 0.231. The molecule has 19 heavy (non-hydrogen) atoms. The van der Waals surface area contributed by atoms with Crippen molar-refractivity contribution in [2.45, 2.75) is 18.8 Å². The van der Waals surface area contributed by atoms with E-state index in [4.69, 9.17) is 5.11 Å². The van der Waals surface area contributed by atoms with Crippen LogP contribution in [0.3, 0.4) is 0 Å². The van der Waals surface area contributed by atoms with Crippen molar-refractivity contribution in [1.29, 1.82) is 0 Å². The van der Waals surface area contributed by atoms with Crippen LogP contribution in [-0.4, -0.2) is 16.1 Å². The minimum absolute atomic E-state index is 0.140. The summed E-state index contributed by atoms with van der Waals surface area (Å²) in [5, 5.41) is 9.42. The number of nitrogens with zero attached hydrogens (tertiary/aromatic N) is 1. The normalized spacial score (nSPS) is 14.6. The topological polar surface area (TPSA) is 50.2 Å². The molecule has 98 valence electrons. The van der Waals surface area contributed by atoms with E-state index in [9.17, 15) is 13.6 Å². The van der Waals surface area contributed by atoms with Gasteiger partial charge in [0.2, 0.25) is 0 Å². The molecule has 3 nitrogen and oxygen atoms in total. The molecule has 0 unspecified atom stereocenters. The smallest absolute Gasteiger partial charge is 0.347 e. The maximum Gasteiger partial charge on any atom is 0.347 e. The molecule has 3 rings (SSSR count). The van der Waals surface area contributed by atoms with Crippen LogP contribution >= 0.6 is 11.3 Å². The van der Waals surface area contributed by atoms with Gasteiger partial charge in [0.05, 0.1) is 5.69 Å². The van der Waals surface area contributed by atoms with Crippen molar-refractivity contribution in [2.24, 2.45) is 0 Å². The van der Waals surface area contributed by atoms with E-state index in [0.29, 0.717) is 5.69 Å². The lowest BCUT2D eigenvalue weighted by Crippen LogP contribution is -1.97. The summed E-state index contributed by atoms with van der Waals surface area (Å²) < 4.78 is 26.5. The fourth-order valence-electron chi connectivity index (χ4n) is 1.90. The van der Waals surface area contributed by atoms with Crippen LogP contribution in [-0.2, 0) is 0 Å². The number of carboxylic acid groups (broad SMARTS) is 1. The molecule has 0 saturated heterocycles. The third kappa shape index (κ3) is 2.23. The van der Waals surface area contributed by atoms with Gasteiger partial charge in [-0.05, 0) is 25.0 Å². The minimum atomic E-state index is -1.05. The zero-order valence-corrected chi connectivity index (χ0v) is 10.5. The number of benzene rings is 1. The number of carboxylic acids is 1. The van der Waals surface area contributed by atoms with E-state index in [0.717, 1.165) is 36.3 Å². The maximum atomic E-state index is 13.7. The molecule has 1 fully saturated rings. The molecule has 6 heteroatoms. The number of hydrogen-bond acceptors (Lipinski definition) is 3. The van der Waals surface area contributed by atoms with Crippen LogP contribution < -0.4 is 0 Å². The number of rotatable bonds is 3. The average Bonchev–Trinajstić information content (AvgIpc) is 3.09. The first-order valence-corrected chi connectivity index (χ1v) is 6.57. The fourth-order valence-corrected chi connectivity index (χ4v) is 2.91. The van der Waals surface area contributed by atoms with Crippen LogP contribution in [0.25, 0.3) is 10.6 Å². The second kappa shape index (κ2) is 4.38. The number of aromatic carboxylic acids is 1. The number of aromatic nitrogens is 1. The van der Waals surface area contributed by atoms with E-state index in [-0.39, 0.29) is 21.4 Å². The van der Waals surface area contributed by atoms with E-state index in [1.807, 2.05) is 0 Å². The van der Waals surface area contributed by atoms with Gasteiger partial charge in [0.25, 0.3) is 0 Å². The Balaban J connectivity index is 2.10. The van der Waals surface area contributed by atoms with Gasteiger partial charge in [0.15, 0.2) is 0 Å². The van der Waals surface area contributed by atoms with E-state index in [2.05, 4.69) is 4.98 Å². The standard InChI is InChI=1S/C13H9F2NO2S/c14-7-3-4-8(9(15)5-7)12-16-10(6-1-2-6)11(19-12)13(17)18/h3-6H,1-2H2,(H,17,18). The van der Waals surface area contributed by atoms with Gasteiger partial charge in [-0.2, -0.15) is 0 Å². The van der Waals surface area contributed by atoms with Crippen LogP contribution in [0.4, 0.5) is 8.78 Å². The minimum Gasteiger partial charge on any atom is -0.477 e. The number of hydrogen-bond donors (Lipinski definition) is 1. The molecule has 2 aromatic rings. The Morgan fingerprint density at radius 1 is 1.37 bits per heavy atom. The van der Waals surface area contributed by atoms with Crippen molar-refractivity contribution >= 4 is 17.3 Å². The second-order valence-electron chi connectivity index (χ2n) is 4.44. The Bertz CT molecular complexity index is 665. The highest BCUT2D eigenvalue weighted by atomic mass is 32.1. The average molecular weight is 281 g/mol. The first-order chi connectivity index (χ1) is 9.06. The molecule has 0 bridgehead atoms. The lowest BCUT2D eigenvalue weighted by Gasteiger charge is -1.98. The molecule has 0 spiro atoms. The van der Waals surface area contributed by atoms with Crippen LogP contribution in [0.2, 0.25) is 0 Å². The Kier molecular flexibility index (Phi) is 2.82. The number of carbonyl (C=O) groups is 1. The summed E-state index contributed by atoms with van der Waals surface area (Å²) in [7, 11) is 0. The Morgan fingerprint density at radius 2 is 2.11 bits per heavy atom. The molecule has 1 aliphatic rings. The Morgan fingerprint density at radius 3 is 2.68 bits per heavy atom. The van der Waals surface area contributed by atoms with Gasteiger partial charge >= 0.3 is 5.97 Å². The van der Waals surface area contributed by atoms with Crippen molar-refractivity contribution in [1.82, 2.24) is 4.98 Å². The lowest BCUT2D eigenvalue weighted by atomic mass is 10.2. The van der Waals surface area contributed by atoms with Crippen molar-refractivity contribution in [3.05, 3.63) is 40.4 Å². The molecule has 0 atom stereocenters. The van der Waals surface area contributed by atoms with Crippen LogP contribution in [0.1, 0.15) is 34.1 Å². The van der Waals surface area contributed by atoms with Crippen LogP contribution in [0, 0.1) is 11.6 Å². The molecule has 1 aromatic heterocycles. The summed E-state index contributed by atoms with van der Waals surface area (Å²) in [6.45, 7) is 0. The molecule has 0 aliphatic heterocycles. The highest BCUT2D eigenvalue weighted by Gasteiger charge is 2.32. The number of thiazole rings is 1. The first-order valence-electron chi connectivity index (χ1n) is 5.75. The van der Waals surface area contributed by atoms with Crippen LogP contribution in [0.5, 0.6) is 0 Å². The monoisotopic (exact) mass is 281 g/mol. The van der Waals surface area contributed by atoms with Gasteiger partial charge in [-0.3, -0.25) is 0 Å². The summed E-state index contributed by atoms with van der Waals surface area (Å²) in [4.78, 5) is 15.5. The zero-order valence-electron chi connectivity index (χ0n) is 9.69. The lowest BCUT2D eigenvalue weighted by molar-refractivity contribution is 0.0700. The summed E-state index contributed by atoms with van der Waals surface area (Å²) in [6, 6.07) is 3.19. The van der Waals surface area contributed by atoms with Gasteiger partial charge < -0.3 is 5.11 Å². The summed E-state index contributed by atoms with van der Waals surface area (Å²) in [6.07, 6.45) is 1.82. The third-order valence-electron chi connectivity index (χ3n) is 2.97. The third-order valence-corrected chi connectivity index (χ3v) is 4.07. The molecular formula is C13H9F2NO2S. The predicted molar refractivity (Wildman–Crippen MR) is 66.4 cm³/mol. The summed E-state index contributed by atoms with van der Waals surface area (Å²) >= 11 is 0.936. The molecule has 1 aliphatic carbocycles. The second-order valence-corrected chi connectivity index (χ2v) is 5.44. The Labute approximate surface area is 111 Å². The molecule has 0 amide bonds. The molecule has 1 N–H and O–H groups in total. The predicted octanol–water partition coefficient (Wildman–Crippen LogP) is 3.66. The first kappa shape index (κ1) is 12.2. The van der Waals surface area contributed by atoms with Crippen molar-refractivity contribution in [3.8, 4) is 10.6 Å². The summed E-state index contributed by atoms with van der Waals surface area (Å²) in [5.74, 6) is -2.28. The highest BCUT2D eigenvalue weighted by molar-refractivity contribution is 7.17. The van der Waals surface area contributed by atoms with Crippen molar-refractivity contribution in [2.75, 3.05) is 0 Å². The van der Waals surface area contributed by atoms with Crippen LogP contribution in [0.15, 0.2) is 18.2 Å². The number of halogens is 2. The van der Waals surface area contributed by atoms with E-state index >= 15 is 0 Å². The van der Waals surface area contributed by atoms with E-state index < -0.39 is 17.6 Å². The maximum absolute atomic E-state index is 13.7. The van der Waals surface area contributed by atoms with Gasteiger partial charge in [0, 0.05) is 17.5 Å². The molecule has 1 aromatic carbocycles. The highest BCUT2D eigenvalue weighted by Crippen LogP contribution is 2.44. The van der Waals surface area contributed by atoms with Gasteiger partial charge in [-0.25, -0.2) is 18.6 Å². The van der Waals surface area contributed by atoms with E-state index in [1.54, 1.807) is 0 Å². The van der Waals surface area contributed by atoms with Gasteiger partial charge in [-0.1, -0.05) is 0 Å². The molecule has 1 saturated carbocycles. The summed E-state index contributed by atoms with van der Waals surface area (Å²) in [5.41, 5.74) is 0.664.